The predicted octanol–water partition coefficient (Wildman–Crippen LogP) is 3.20. The van der Waals surface area contributed by atoms with Gasteiger partial charge in [-0.2, -0.15) is 17.7 Å². The Morgan fingerprint density at radius 3 is 1.18 bits per heavy atom. The number of hydrogen-bond donors (Lipinski definition) is 0. The summed E-state index contributed by atoms with van der Waals surface area (Å²) >= 11 is 0. The van der Waals surface area contributed by atoms with Crippen LogP contribution in [0.3, 0.4) is 0 Å². The maximum atomic E-state index is 10.1. The molecule has 0 bridgehead atoms. The van der Waals surface area contributed by atoms with Gasteiger partial charge >= 0.3 is 21.7 Å². The largest absolute Gasteiger partial charge is 4.00 e. The van der Waals surface area contributed by atoms with Gasteiger partial charge in [0.05, 0.1) is 17.9 Å². The Bertz CT molecular complexity index is 1070. The Labute approximate surface area is 238 Å². The average Bonchev–Trinajstić information content (AvgIpc) is 3.35. The molecule has 4 rings (SSSR count). The molecule has 0 aliphatic heterocycles. The molecule has 7 heteroatoms. The van der Waals surface area contributed by atoms with E-state index in [0.717, 1.165) is 0 Å². The van der Waals surface area contributed by atoms with Gasteiger partial charge in [-0.15, -0.1) is 0 Å². The Kier molecular flexibility index (Phi) is 18.2. The van der Waals surface area contributed by atoms with Crippen molar-refractivity contribution in [2.75, 3.05) is 0 Å². The summed E-state index contributed by atoms with van der Waals surface area (Å²) in [6.45, 7) is 4.38. The van der Waals surface area contributed by atoms with Gasteiger partial charge in [-0.05, 0) is 16.7 Å². The smallest absolute Gasteiger partial charge is 0.545 e. The van der Waals surface area contributed by atoms with Crippen molar-refractivity contribution < 1.29 is 51.4 Å². The van der Waals surface area contributed by atoms with E-state index in [0.29, 0.717) is 0 Å². The molecule has 194 valence electrons. The van der Waals surface area contributed by atoms with Crippen LogP contribution in [-0.2, 0) is 28.1 Å². The molecule has 0 atom stereocenters. The van der Waals surface area contributed by atoms with Crippen LogP contribution in [-0.4, -0.2) is 17.9 Å². The third-order valence-electron chi connectivity index (χ3n) is 4.82. The minimum atomic E-state index is -1.13. The van der Waals surface area contributed by atoms with Crippen LogP contribution in [0.2, 0.25) is 0 Å². The number of carbonyl (C=O) groups excluding carboxylic acids is 3. The zero-order valence-corrected chi connectivity index (χ0v) is 23.0. The molecule has 4 aromatic rings. The van der Waals surface area contributed by atoms with Crippen LogP contribution in [0.25, 0.3) is 0 Å². The molecule has 0 saturated heterocycles. The van der Waals surface area contributed by atoms with Crippen LogP contribution in [0.1, 0.15) is 62.0 Å². The van der Waals surface area contributed by atoms with Gasteiger partial charge in [0.1, 0.15) is 0 Å². The van der Waals surface area contributed by atoms with E-state index < -0.39 is 17.9 Å². The summed E-state index contributed by atoms with van der Waals surface area (Å²) in [6.07, 6.45) is 3.87. The average molecular weight is 546 g/mol. The van der Waals surface area contributed by atoms with Crippen LogP contribution >= 0.6 is 0 Å². The Hall–Kier alpha value is -3.87. The molecule has 0 unspecified atom stereocenters. The van der Waals surface area contributed by atoms with Gasteiger partial charge in [0.15, 0.2) is 0 Å². The van der Waals surface area contributed by atoms with E-state index in [-0.39, 0.29) is 38.4 Å². The second-order valence-electron chi connectivity index (χ2n) is 7.86. The second kappa shape index (κ2) is 20.2. The minimum Gasteiger partial charge on any atom is -0.545 e. The van der Waals surface area contributed by atoms with E-state index in [1.54, 1.807) is 54.6 Å². The van der Waals surface area contributed by atoms with Gasteiger partial charge in [0.25, 0.3) is 0 Å². The molecule has 0 radical (unpaired) electrons. The number of carboxylic acids is 3. The predicted molar refractivity (Wildman–Crippen MR) is 138 cm³/mol. The Morgan fingerprint density at radius 2 is 0.974 bits per heavy atom. The number of rotatable bonds is 6. The second-order valence-corrected chi connectivity index (χ2v) is 7.86. The van der Waals surface area contributed by atoms with Crippen molar-refractivity contribution in [1.82, 2.24) is 0 Å². The minimum absolute atomic E-state index is 0. The first-order valence-electron chi connectivity index (χ1n) is 11.8. The topological polar surface area (TPSA) is 120 Å². The molecule has 0 heterocycles. The normalized spacial score (nSPS) is 9.00. The van der Waals surface area contributed by atoms with E-state index in [9.17, 15) is 29.7 Å². The summed E-state index contributed by atoms with van der Waals surface area (Å²) in [6, 6.07) is 30.9. The summed E-state index contributed by atoms with van der Waals surface area (Å²) in [5, 5.41) is 30.3. The van der Waals surface area contributed by atoms with E-state index in [2.05, 4.69) is 32.0 Å². The van der Waals surface area contributed by atoms with Gasteiger partial charge < -0.3 is 29.7 Å². The number of aryl methyl sites for hydroxylation is 2. The maximum Gasteiger partial charge on any atom is 4.00 e. The SMILES string of the molecule is CCCC[c-]1ccc(C)c1.O=C([O-])c1ccccc1.O=C([O-])c1ccccc1.O=C([O-])c1ccccc1.[Ti+4]. The van der Waals surface area contributed by atoms with E-state index in [4.69, 9.17) is 0 Å². The molecule has 0 saturated carbocycles. The van der Waals surface area contributed by atoms with Crippen molar-refractivity contribution in [1.29, 1.82) is 0 Å². The summed E-state index contributed by atoms with van der Waals surface area (Å²) in [5.74, 6) is -3.39. The zero-order chi connectivity index (χ0) is 27.5. The third kappa shape index (κ3) is 15.3. The molecule has 0 amide bonds. The molecule has 0 N–H and O–H groups in total. The Morgan fingerprint density at radius 1 is 0.632 bits per heavy atom. The summed E-state index contributed by atoms with van der Waals surface area (Å²) in [4.78, 5) is 30.3. The number of unbranched alkanes of at least 4 members (excludes halogenated alkanes) is 1. The summed E-state index contributed by atoms with van der Waals surface area (Å²) in [5.41, 5.74) is 3.55. The summed E-state index contributed by atoms with van der Waals surface area (Å²) in [7, 11) is 0. The van der Waals surface area contributed by atoms with Gasteiger partial charge in [-0.3, -0.25) is 0 Å². The quantitative estimate of drug-likeness (QED) is 0.271. The fraction of sp³-hybridized carbons (Fsp3) is 0.161. The van der Waals surface area contributed by atoms with Gasteiger partial charge in [-0.25, -0.2) is 11.6 Å². The fourth-order valence-electron chi connectivity index (χ4n) is 2.89. The third-order valence-corrected chi connectivity index (χ3v) is 4.82. The van der Waals surface area contributed by atoms with Crippen molar-refractivity contribution in [2.24, 2.45) is 0 Å². The molecule has 0 fully saturated rings. The van der Waals surface area contributed by atoms with Crippen LogP contribution in [0, 0.1) is 6.92 Å². The molecule has 4 aromatic carbocycles. The fourth-order valence-corrected chi connectivity index (χ4v) is 2.89. The first kappa shape index (κ1) is 34.1. The number of carboxylic acid groups (broad SMARTS) is 3. The van der Waals surface area contributed by atoms with Crippen molar-refractivity contribution in [2.45, 2.75) is 33.1 Å². The first-order chi connectivity index (χ1) is 17.7. The van der Waals surface area contributed by atoms with Crippen molar-refractivity contribution in [3.63, 3.8) is 0 Å². The van der Waals surface area contributed by atoms with Crippen molar-refractivity contribution >= 4 is 17.9 Å². The maximum absolute atomic E-state index is 10.1. The van der Waals surface area contributed by atoms with E-state index in [1.165, 1.54) is 66.8 Å². The van der Waals surface area contributed by atoms with Gasteiger partial charge in [-0.1, -0.05) is 124 Å². The zero-order valence-electron chi connectivity index (χ0n) is 21.5. The Balaban J connectivity index is 0.000000477. The van der Waals surface area contributed by atoms with E-state index >= 15 is 0 Å². The monoisotopic (exact) mass is 546 g/mol. The molecule has 0 aromatic heterocycles. The summed E-state index contributed by atoms with van der Waals surface area (Å²) < 4.78 is 0. The molecular weight excluding hydrogens is 516 g/mol. The standard InChI is InChI=1S/C10H15.3C7H6O2.Ti/c1-3-4-5-10-7-6-9(2)8-10;3*8-7(9)6-4-2-1-3-5-6;/h6-8H,3-5H2,1-2H3;3*1-5H,(H,8,9);/q-1;;;;+4/p-3. The van der Waals surface area contributed by atoms with Crippen molar-refractivity contribution in [3.05, 3.63) is 137 Å². The number of aromatic carboxylic acids is 3. The van der Waals surface area contributed by atoms with E-state index in [1.807, 2.05) is 0 Å². The van der Waals surface area contributed by atoms with Gasteiger partial charge in [0, 0.05) is 0 Å². The molecule has 6 nitrogen and oxygen atoms in total. The van der Waals surface area contributed by atoms with Crippen molar-refractivity contribution in [3.8, 4) is 0 Å². The van der Waals surface area contributed by atoms with Crippen LogP contribution in [0.15, 0.2) is 109 Å². The van der Waals surface area contributed by atoms with Crippen LogP contribution in [0.5, 0.6) is 0 Å². The molecule has 38 heavy (non-hydrogen) atoms. The van der Waals surface area contributed by atoms with Gasteiger partial charge in [0.2, 0.25) is 0 Å². The first-order valence-corrected chi connectivity index (χ1v) is 11.8. The number of hydrogen-bond acceptors (Lipinski definition) is 6. The number of benzene rings is 3. The molecule has 0 spiro atoms. The van der Waals surface area contributed by atoms with Crippen LogP contribution < -0.4 is 15.3 Å². The number of carbonyl (C=O) groups is 3. The van der Waals surface area contributed by atoms with Crippen LogP contribution in [0.4, 0.5) is 0 Å². The molecular formula is C31H30O6Ti. The molecule has 0 aliphatic carbocycles. The molecule has 0 aliphatic rings.